The van der Waals surface area contributed by atoms with E-state index in [2.05, 4.69) is 0 Å². The van der Waals surface area contributed by atoms with E-state index in [1.807, 2.05) is 0 Å². The van der Waals surface area contributed by atoms with Gasteiger partial charge < -0.3 is 4.90 Å². The van der Waals surface area contributed by atoms with Gasteiger partial charge in [0.25, 0.3) is 0 Å². The van der Waals surface area contributed by atoms with Crippen LogP contribution in [0.1, 0.15) is 24.0 Å². The first-order chi connectivity index (χ1) is 8.91. The first-order valence-corrected chi connectivity index (χ1v) is 5.80. The predicted molar refractivity (Wildman–Crippen MR) is 62.6 cm³/mol. The lowest BCUT2D eigenvalue weighted by Crippen LogP contribution is -2.35. The molecule has 3 nitrogen and oxygen atoms in total. The minimum Gasteiger partial charge on any atom is -0.364 e. The Hall–Kier alpha value is -2.03. The zero-order valence-electron chi connectivity index (χ0n) is 10.00. The standard InChI is InChI=1S/C13H11F3N2O/c14-13(15,16)12-6-10(4-3-9(12)7-17)18-5-1-2-11(19)8-18/h3-4,6H,1-2,5,8H2. The van der Waals surface area contributed by atoms with E-state index >= 15 is 0 Å². The third kappa shape index (κ3) is 2.87. The summed E-state index contributed by atoms with van der Waals surface area (Å²) >= 11 is 0. The van der Waals surface area contributed by atoms with Crippen molar-refractivity contribution in [3.8, 4) is 6.07 Å². The molecule has 1 aromatic rings. The Morgan fingerprint density at radius 2 is 2.05 bits per heavy atom. The van der Waals surface area contributed by atoms with Crippen molar-refractivity contribution in [3.63, 3.8) is 0 Å². The van der Waals surface area contributed by atoms with E-state index in [1.165, 1.54) is 12.1 Å². The first-order valence-electron chi connectivity index (χ1n) is 5.80. The van der Waals surface area contributed by atoms with Crippen LogP contribution in [-0.2, 0) is 11.0 Å². The van der Waals surface area contributed by atoms with Gasteiger partial charge >= 0.3 is 6.18 Å². The molecule has 0 aliphatic carbocycles. The smallest absolute Gasteiger partial charge is 0.364 e. The number of hydrogen-bond acceptors (Lipinski definition) is 3. The van der Waals surface area contributed by atoms with E-state index < -0.39 is 17.3 Å². The molecule has 0 saturated carbocycles. The molecule has 1 fully saturated rings. The van der Waals surface area contributed by atoms with Crippen molar-refractivity contribution in [2.75, 3.05) is 18.0 Å². The molecule has 0 radical (unpaired) electrons. The van der Waals surface area contributed by atoms with Gasteiger partial charge in [-0.3, -0.25) is 4.79 Å². The normalized spacial score (nSPS) is 16.3. The molecule has 100 valence electrons. The van der Waals surface area contributed by atoms with Gasteiger partial charge in [0, 0.05) is 18.7 Å². The van der Waals surface area contributed by atoms with Gasteiger partial charge in [0.2, 0.25) is 0 Å². The van der Waals surface area contributed by atoms with Gasteiger partial charge in [-0.25, -0.2) is 0 Å². The molecule has 1 heterocycles. The van der Waals surface area contributed by atoms with Gasteiger partial charge in [0.05, 0.1) is 23.7 Å². The highest BCUT2D eigenvalue weighted by Crippen LogP contribution is 2.34. The summed E-state index contributed by atoms with van der Waals surface area (Å²) < 4.78 is 38.5. The summed E-state index contributed by atoms with van der Waals surface area (Å²) in [7, 11) is 0. The number of nitrogens with zero attached hydrogens (tertiary/aromatic N) is 2. The molecule has 0 spiro atoms. The monoisotopic (exact) mass is 268 g/mol. The summed E-state index contributed by atoms with van der Waals surface area (Å²) in [4.78, 5) is 12.9. The number of carbonyl (C=O) groups is 1. The second-order valence-corrected chi connectivity index (χ2v) is 4.40. The number of carbonyl (C=O) groups excluding carboxylic acids is 1. The SMILES string of the molecule is N#Cc1ccc(N2CCCC(=O)C2)cc1C(F)(F)F. The molecule has 2 rings (SSSR count). The van der Waals surface area contributed by atoms with Crippen LogP contribution in [-0.4, -0.2) is 18.9 Å². The van der Waals surface area contributed by atoms with Crippen LogP contribution < -0.4 is 4.90 Å². The Bertz CT molecular complexity index is 546. The van der Waals surface area contributed by atoms with Gasteiger partial charge in [-0.05, 0) is 24.6 Å². The third-order valence-electron chi connectivity index (χ3n) is 3.05. The molecule has 0 unspecified atom stereocenters. The molecule has 1 saturated heterocycles. The van der Waals surface area contributed by atoms with E-state index in [0.29, 0.717) is 25.1 Å². The van der Waals surface area contributed by atoms with Crippen molar-refractivity contribution in [1.82, 2.24) is 0 Å². The maximum absolute atomic E-state index is 12.8. The molecule has 1 aliphatic rings. The Morgan fingerprint density at radius 3 is 2.63 bits per heavy atom. The average Bonchev–Trinajstić information content (AvgIpc) is 2.37. The number of rotatable bonds is 1. The van der Waals surface area contributed by atoms with Crippen molar-refractivity contribution in [1.29, 1.82) is 5.26 Å². The van der Waals surface area contributed by atoms with Gasteiger partial charge in [0.1, 0.15) is 0 Å². The summed E-state index contributed by atoms with van der Waals surface area (Å²) in [6, 6.07) is 5.08. The highest BCUT2D eigenvalue weighted by Gasteiger charge is 2.34. The minimum absolute atomic E-state index is 0.0177. The average molecular weight is 268 g/mol. The summed E-state index contributed by atoms with van der Waals surface area (Å²) in [5.74, 6) is 0.0177. The van der Waals surface area contributed by atoms with Gasteiger partial charge in [-0.2, -0.15) is 18.4 Å². The van der Waals surface area contributed by atoms with E-state index in [1.54, 1.807) is 4.90 Å². The highest BCUT2D eigenvalue weighted by molar-refractivity contribution is 5.84. The van der Waals surface area contributed by atoms with Gasteiger partial charge in [-0.1, -0.05) is 0 Å². The molecule has 6 heteroatoms. The number of ketones is 1. The van der Waals surface area contributed by atoms with Crippen molar-refractivity contribution in [2.45, 2.75) is 19.0 Å². The molecule has 0 aromatic heterocycles. The summed E-state index contributed by atoms with van der Waals surface area (Å²) in [6.45, 7) is 0.679. The zero-order chi connectivity index (χ0) is 14.0. The largest absolute Gasteiger partial charge is 0.417 e. The number of halogens is 3. The van der Waals surface area contributed by atoms with Crippen LogP contribution in [0.2, 0.25) is 0 Å². The van der Waals surface area contributed by atoms with E-state index in [0.717, 1.165) is 12.1 Å². The van der Waals surface area contributed by atoms with Crippen molar-refractivity contribution >= 4 is 11.5 Å². The maximum atomic E-state index is 12.8. The summed E-state index contributed by atoms with van der Waals surface area (Å²) in [5.41, 5.74) is -1.02. The number of anilines is 1. The van der Waals surface area contributed by atoms with Crippen LogP contribution in [0.3, 0.4) is 0 Å². The van der Waals surface area contributed by atoms with Crippen LogP contribution in [0.15, 0.2) is 18.2 Å². The zero-order valence-corrected chi connectivity index (χ0v) is 10.00. The second kappa shape index (κ2) is 4.92. The number of benzene rings is 1. The van der Waals surface area contributed by atoms with Crippen LogP contribution in [0, 0.1) is 11.3 Å². The summed E-state index contributed by atoms with van der Waals surface area (Å²) in [5, 5.41) is 8.71. The fourth-order valence-electron chi connectivity index (χ4n) is 2.12. The number of nitriles is 1. The topological polar surface area (TPSA) is 44.1 Å². The van der Waals surface area contributed by atoms with Crippen LogP contribution in [0.25, 0.3) is 0 Å². The lowest BCUT2D eigenvalue weighted by molar-refractivity contribution is -0.137. The second-order valence-electron chi connectivity index (χ2n) is 4.40. The molecular weight excluding hydrogens is 257 g/mol. The maximum Gasteiger partial charge on any atom is 0.417 e. The van der Waals surface area contributed by atoms with Crippen molar-refractivity contribution < 1.29 is 18.0 Å². The number of hydrogen-bond donors (Lipinski definition) is 0. The Kier molecular flexibility index (Phi) is 3.47. The number of piperidine rings is 1. The Labute approximate surface area is 108 Å². The molecule has 1 aromatic carbocycles. The van der Waals surface area contributed by atoms with Gasteiger partial charge in [-0.15, -0.1) is 0 Å². The van der Waals surface area contributed by atoms with Gasteiger partial charge in [0.15, 0.2) is 5.78 Å². The molecular formula is C13H11F3N2O. The summed E-state index contributed by atoms with van der Waals surface area (Å²) in [6.07, 6.45) is -3.46. The number of Topliss-reactive ketones (excluding diaryl/α,β-unsaturated/α-hetero) is 1. The first kappa shape index (κ1) is 13.4. The Balaban J connectivity index is 2.38. The molecule has 0 atom stereocenters. The molecule has 0 amide bonds. The van der Waals surface area contributed by atoms with Crippen molar-refractivity contribution in [2.24, 2.45) is 0 Å². The molecule has 0 N–H and O–H groups in total. The lowest BCUT2D eigenvalue weighted by atomic mass is 10.0. The predicted octanol–water partition coefficient (Wildman–Crippen LogP) is 2.75. The van der Waals surface area contributed by atoms with Crippen molar-refractivity contribution in [3.05, 3.63) is 29.3 Å². The van der Waals surface area contributed by atoms with Crippen LogP contribution >= 0.6 is 0 Å². The molecule has 19 heavy (non-hydrogen) atoms. The minimum atomic E-state index is -4.57. The Morgan fingerprint density at radius 1 is 1.32 bits per heavy atom. The fraction of sp³-hybridized carbons (Fsp3) is 0.385. The number of alkyl halides is 3. The van der Waals surface area contributed by atoms with E-state index in [4.69, 9.17) is 5.26 Å². The van der Waals surface area contributed by atoms with Crippen LogP contribution in [0.4, 0.5) is 18.9 Å². The quantitative estimate of drug-likeness (QED) is 0.786. The van der Waals surface area contributed by atoms with E-state index in [9.17, 15) is 18.0 Å². The highest BCUT2D eigenvalue weighted by atomic mass is 19.4. The molecule has 1 aliphatic heterocycles. The van der Waals surface area contributed by atoms with Crippen LogP contribution in [0.5, 0.6) is 0 Å². The third-order valence-corrected chi connectivity index (χ3v) is 3.05. The molecule has 0 bridgehead atoms. The lowest BCUT2D eigenvalue weighted by Gasteiger charge is -2.28. The van der Waals surface area contributed by atoms with E-state index in [-0.39, 0.29) is 12.3 Å². The fourth-order valence-corrected chi connectivity index (χ4v) is 2.12.